The molecule has 2 heterocycles. The van der Waals surface area contributed by atoms with Crippen LogP contribution in [-0.4, -0.2) is 36.3 Å². The van der Waals surface area contributed by atoms with Crippen molar-refractivity contribution in [3.63, 3.8) is 0 Å². The molecule has 1 aliphatic heterocycles. The van der Waals surface area contributed by atoms with Crippen molar-refractivity contribution in [2.45, 2.75) is 12.8 Å². The number of piperidine rings is 1. The highest BCUT2D eigenvalue weighted by Gasteiger charge is 2.22. The minimum absolute atomic E-state index is 0.0177. The van der Waals surface area contributed by atoms with Crippen LogP contribution in [0.25, 0.3) is 6.08 Å². The van der Waals surface area contributed by atoms with Gasteiger partial charge in [-0.1, -0.05) is 30.3 Å². The Morgan fingerprint density at radius 1 is 1.00 bits per heavy atom. The van der Waals surface area contributed by atoms with Crippen LogP contribution in [0.2, 0.25) is 0 Å². The Hall–Kier alpha value is -3.80. The number of carbonyl (C=O) groups excluding carboxylic acids is 2. The Morgan fingerprint density at radius 2 is 1.75 bits per heavy atom. The highest BCUT2D eigenvalue weighted by Crippen LogP contribution is 2.25. The molecule has 1 fully saturated rings. The highest BCUT2D eigenvalue weighted by atomic mass is 16.5. The first-order chi connectivity index (χ1) is 15.7. The fourth-order valence-electron chi connectivity index (χ4n) is 3.69. The molecule has 3 aromatic rings. The number of likely N-dealkylation sites (tertiary alicyclic amines) is 1. The SMILES string of the molecule is O=C(NCC1CCN(C(=O)/C=C/c2ccco2)CC1)c1ccccc1Oc1ccccc1. The van der Waals surface area contributed by atoms with E-state index in [1.165, 1.54) is 0 Å². The Balaban J connectivity index is 1.26. The number of hydrogen-bond donors (Lipinski definition) is 1. The summed E-state index contributed by atoms with van der Waals surface area (Å²) in [5.41, 5.74) is 0.507. The quantitative estimate of drug-likeness (QED) is 0.549. The molecule has 6 nitrogen and oxygen atoms in total. The smallest absolute Gasteiger partial charge is 0.255 e. The summed E-state index contributed by atoms with van der Waals surface area (Å²) in [5.74, 6) is 2.03. The van der Waals surface area contributed by atoms with Crippen LogP contribution in [0.15, 0.2) is 83.5 Å². The van der Waals surface area contributed by atoms with E-state index in [1.54, 1.807) is 36.6 Å². The fraction of sp³-hybridized carbons (Fsp3) is 0.231. The Kier molecular flexibility index (Phi) is 7.02. The summed E-state index contributed by atoms with van der Waals surface area (Å²) >= 11 is 0. The zero-order valence-electron chi connectivity index (χ0n) is 17.8. The third-order valence-electron chi connectivity index (χ3n) is 5.51. The first-order valence-corrected chi connectivity index (χ1v) is 10.8. The van der Waals surface area contributed by atoms with Gasteiger partial charge in [-0.15, -0.1) is 0 Å². The van der Waals surface area contributed by atoms with Crippen LogP contribution in [0.3, 0.4) is 0 Å². The molecule has 0 unspecified atom stereocenters. The van der Waals surface area contributed by atoms with Crippen LogP contribution in [-0.2, 0) is 4.79 Å². The van der Waals surface area contributed by atoms with E-state index in [9.17, 15) is 9.59 Å². The topological polar surface area (TPSA) is 71.8 Å². The van der Waals surface area contributed by atoms with Gasteiger partial charge in [0.05, 0.1) is 11.8 Å². The number of nitrogens with one attached hydrogen (secondary N) is 1. The normalized spacial score (nSPS) is 14.4. The number of nitrogens with zero attached hydrogens (tertiary/aromatic N) is 1. The van der Waals surface area contributed by atoms with Gasteiger partial charge in [0, 0.05) is 25.7 Å². The van der Waals surface area contributed by atoms with Crippen molar-refractivity contribution in [1.82, 2.24) is 10.2 Å². The molecular weight excluding hydrogens is 404 g/mol. The standard InChI is InChI=1S/C26H26N2O4/c29-25(13-12-21-9-6-18-31-21)28-16-14-20(15-17-28)19-27-26(30)23-10-4-5-11-24(23)32-22-7-2-1-3-8-22/h1-13,18,20H,14-17,19H2,(H,27,30)/b13-12+. The van der Waals surface area contributed by atoms with Gasteiger partial charge in [0.2, 0.25) is 5.91 Å². The van der Waals surface area contributed by atoms with Crippen LogP contribution in [0.5, 0.6) is 11.5 Å². The maximum absolute atomic E-state index is 12.8. The summed E-state index contributed by atoms with van der Waals surface area (Å²) < 4.78 is 11.1. The van der Waals surface area contributed by atoms with E-state index in [0.29, 0.717) is 48.4 Å². The summed E-state index contributed by atoms with van der Waals surface area (Å²) in [5, 5.41) is 3.03. The van der Waals surface area contributed by atoms with Crippen molar-refractivity contribution in [3.8, 4) is 11.5 Å². The summed E-state index contributed by atoms with van der Waals surface area (Å²) in [6, 6.07) is 20.2. The fourth-order valence-corrected chi connectivity index (χ4v) is 3.69. The van der Waals surface area contributed by atoms with E-state index in [-0.39, 0.29) is 11.8 Å². The van der Waals surface area contributed by atoms with Gasteiger partial charge in [0.15, 0.2) is 0 Å². The van der Waals surface area contributed by atoms with Crippen LogP contribution >= 0.6 is 0 Å². The second kappa shape index (κ2) is 10.5. The van der Waals surface area contributed by atoms with Gasteiger partial charge in [0.1, 0.15) is 17.3 Å². The molecule has 4 rings (SSSR count). The average molecular weight is 431 g/mol. The molecule has 6 heteroatoms. The molecule has 1 N–H and O–H groups in total. The number of rotatable bonds is 7. The lowest BCUT2D eigenvalue weighted by Gasteiger charge is -2.31. The Morgan fingerprint density at radius 3 is 2.50 bits per heavy atom. The zero-order valence-corrected chi connectivity index (χ0v) is 17.8. The van der Waals surface area contributed by atoms with E-state index in [4.69, 9.17) is 9.15 Å². The lowest BCUT2D eigenvalue weighted by molar-refractivity contribution is -0.127. The van der Waals surface area contributed by atoms with Gasteiger partial charge >= 0.3 is 0 Å². The van der Waals surface area contributed by atoms with Crippen LogP contribution < -0.4 is 10.1 Å². The molecule has 164 valence electrons. The molecule has 1 aromatic heterocycles. The number of amides is 2. The lowest BCUT2D eigenvalue weighted by Crippen LogP contribution is -2.41. The number of benzene rings is 2. The molecule has 0 spiro atoms. The van der Waals surface area contributed by atoms with Crippen LogP contribution in [0.1, 0.15) is 29.0 Å². The molecule has 32 heavy (non-hydrogen) atoms. The van der Waals surface area contributed by atoms with E-state index in [2.05, 4.69) is 5.32 Å². The molecular formula is C26H26N2O4. The molecule has 2 amide bonds. The van der Waals surface area contributed by atoms with E-state index < -0.39 is 0 Å². The number of para-hydroxylation sites is 2. The summed E-state index contributed by atoms with van der Waals surface area (Å²) in [7, 11) is 0. The maximum Gasteiger partial charge on any atom is 0.255 e. The zero-order chi connectivity index (χ0) is 22.2. The molecule has 0 saturated carbocycles. The molecule has 0 aliphatic carbocycles. The summed E-state index contributed by atoms with van der Waals surface area (Å²) in [4.78, 5) is 27.0. The summed E-state index contributed by atoms with van der Waals surface area (Å²) in [6.07, 6.45) is 6.51. The van der Waals surface area contributed by atoms with Crippen molar-refractivity contribution in [2.24, 2.45) is 5.92 Å². The molecule has 0 bridgehead atoms. The van der Waals surface area contributed by atoms with Gasteiger partial charge in [-0.25, -0.2) is 0 Å². The molecule has 0 atom stereocenters. The van der Waals surface area contributed by atoms with E-state index >= 15 is 0 Å². The predicted octanol–water partition coefficient (Wildman–Crippen LogP) is 4.75. The van der Waals surface area contributed by atoms with E-state index in [0.717, 1.165) is 12.8 Å². The number of hydrogen-bond acceptors (Lipinski definition) is 4. The minimum atomic E-state index is -0.156. The number of carbonyl (C=O) groups is 2. The first kappa shape index (κ1) is 21.4. The number of furan rings is 1. The van der Waals surface area contributed by atoms with Gasteiger partial charge in [-0.3, -0.25) is 9.59 Å². The minimum Gasteiger partial charge on any atom is -0.465 e. The van der Waals surface area contributed by atoms with Crippen molar-refractivity contribution in [1.29, 1.82) is 0 Å². The third kappa shape index (κ3) is 5.66. The molecule has 1 aliphatic rings. The highest BCUT2D eigenvalue weighted by molar-refractivity contribution is 5.97. The van der Waals surface area contributed by atoms with Crippen LogP contribution in [0, 0.1) is 5.92 Å². The maximum atomic E-state index is 12.8. The van der Waals surface area contributed by atoms with Gasteiger partial charge in [-0.05, 0) is 61.2 Å². The lowest BCUT2D eigenvalue weighted by atomic mass is 9.96. The van der Waals surface area contributed by atoms with Crippen molar-refractivity contribution < 1.29 is 18.7 Å². The van der Waals surface area contributed by atoms with Crippen molar-refractivity contribution in [2.75, 3.05) is 19.6 Å². The van der Waals surface area contributed by atoms with Gasteiger partial charge < -0.3 is 19.4 Å². The molecule has 2 aromatic carbocycles. The van der Waals surface area contributed by atoms with E-state index in [1.807, 2.05) is 53.4 Å². The monoisotopic (exact) mass is 430 g/mol. The van der Waals surface area contributed by atoms with Gasteiger partial charge in [-0.2, -0.15) is 0 Å². The Labute approximate surface area is 187 Å². The third-order valence-corrected chi connectivity index (χ3v) is 5.51. The van der Waals surface area contributed by atoms with Crippen LogP contribution in [0.4, 0.5) is 0 Å². The molecule has 0 radical (unpaired) electrons. The van der Waals surface area contributed by atoms with Crippen molar-refractivity contribution in [3.05, 3.63) is 90.4 Å². The van der Waals surface area contributed by atoms with Crippen molar-refractivity contribution >= 4 is 17.9 Å². The second-order valence-electron chi connectivity index (χ2n) is 7.74. The molecule has 1 saturated heterocycles. The average Bonchev–Trinajstić information content (AvgIpc) is 3.36. The number of ether oxygens (including phenoxy) is 1. The predicted molar refractivity (Wildman–Crippen MR) is 122 cm³/mol. The summed E-state index contributed by atoms with van der Waals surface area (Å²) in [6.45, 7) is 1.92. The Bertz CT molecular complexity index is 1050. The second-order valence-corrected chi connectivity index (χ2v) is 7.74. The van der Waals surface area contributed by atoms with Gasteiger partial charge in [0.25, 0.3) is 5.91 Å². The largest absolute Gasteiger partial charge is 0.465 e. The first-order valence-electron chi connectivity index (χ1n) is 10.8.